The van der Waals surface area contributed by atoms with Crippen LogP contribution in [0.25, 0.3) is 11.4 Å². The molecule has 0 fully saturated rings. The van der Waals surface area contributed by atoms with Gasteiger partial charge in [0, 0.05) is 18.4 Å². The molecule has 2 aromatic carbocycles. The Labute approximate surface area is 171 Å². The average Bonchev–Trinajstić information content (AvgIpc) is 3.33. The molecule has 0 saturated heterocycles. The van der Waals surface area contributed by atoms with Crippen molar-refractivity contribution in [3.05, 3.63) is 65.5 Å². The largest absolute Gasteiger partial charge is 0.497 e. The summed E-state index contributed by atoms with van der Waals surface area (Å²) in [7, 11) is 1.58. The van der Waals surface area contributed by atoms with Gasteiger partial charge in [-0.1, -0.05) is 22.4 Å². The Bertz CT molecular complexity index is 1070. The molecule has 4 rings (SSSR count). The van der Waals surface area contributed by atoms with Gasteiger partial charge in [0.05, 0.1) is 18.2 Å². The zero-order valence-electron chi connectivity index (χ0n) is 16.0. The minimum Gasteiger partial charge on any atom is -0.497 e. The van der Waals surface area contributed by atoms with Gasteiger partial charge in [-0.2, -0.15) is 4.98 Å². The van der Waals surface area contributed by atoms with Crippen molar-refractivity contribution in [2.75, 3.05) is 7.11 Å². The lowest BCUT2D eigenvalue weighted by atomic mass is 10.1. The fourth-order valence-electron chi connectivity index (χ4n) is 3.00. The molecule has 2 amide bonds. The lowest BCUT2D eigenvalue weighted by molar-refractivity contribution is -0.168. The summed E-state index contributed by atoms with van der Waals surface area (Å²) in [5, 5.41) is 4.43. The van der Waals surface area contributed by atoms with Crippen molar-refractivity contribution in [2.45, 2.75) is 19.3 Å². The van der Waals surface area contributed by atoms with E-state index in [2.05, 4.69) is 10.1 Å². The number of hydrogen-bond acceptors (Lipinski definition) is 8. The third-order valence-electron chi connectivity index (χ3n) is 4.54. The Kier molecular flexibility index (Phi) is 5.25. The van der Waals surface area contributed by atoms with Crippen molar-refractivity contribution in [3.63, 3.8) is 0 Å². The van der Waals surface area contributed by atoms with E-state index in [-0.39, 0.29) is 17.5 Å². The molecule has 0 N–H and O–H groups in total. The van der Waals surface area contributed by atoms with Crippen molar-refractivity contribution in [2.24, 2.45) is 0 Å². The number of ether oxygens (including phenoxy) is 1. The number of hydrogen-bond donors (Lipinski definition) is 0. The quantitative estimate of drug-likeness (QED) is 0.550. The molecule has 1 aliphatic rings. The molecular weight excluding hydrogens is 390 g/mol. The van der Waals surface area contributed by atoms with Crippen LogP contribution in [0.1, 0.15) is 39.4 Å². The van der Waals surface area contributed by atoms with E-state index in [1.807, 2.05) is 12.1 Å². The molecule has 0 atom stereocenters. The first-order chi connectivity index (χ1) is 14.6. The monoisotopic (exact) mass is 407 g/mol. The molecule has 152 valence electrons. The predicted molar refractivity (Wildman–Crippen MR) is 102 cm³/mol. The Morgan fingerprint density at radius 1 is 1.03 bits per heavy atom. The standard InChI is InChI=1S/C21H17N3O6/c1-28-14-11-9-13(10-12-14)19-22-17(29-23-19)7-4-8-18(25)30-24-20(26)15-5-2-3-6-16(15)21(24)27/h2-3,5-6,9-12H,4,7-8H2,1H3. The fraction of sp³-hybridized carbons (Fsp3) is 0.190. The summed E-state index contributed by atoms with van der Waals surface area (Å²) in [6.07, 6.45) is 0.681. The van der Waals surface area contributed by atoms with E-state index < -0.39 is 17.8 Å². The predicted octanol–water partition coefficient (Wildman–Crippen LogP) is 2.82. The molecule has 0 saturated carbocycles. The van der Waals surface area contributed by atoms with Crippen molar-refractivity contribution in [1.82, 2.24) is 15.2 Å². The van der Waals surface area contributed by atoms with Crippen molar-refractivity contribution in [1.29, 1.82) is 0 Å². The highest BCUT2D eigenvalue weighted by molar-refractivity contribution is 6.20. The maximum Gasteiger partial charge on any atom is 0.333 e. The van der Waals surface area contributed by atoms with Crippen LogP contribution in [-0.4, -0.2) is 40.1 Å². The van der Waals surface area contributed by atoms with Gasteiger partial charge in [0.2, 0.25) is 11.7 Å². The summed E-state index contributed by atoms with van der Waals surface area (Å²) >= 11 is 0. The second kappa shape index (κ2) is 8.16. The summed E-state index contributed by atoms with van der Waals surface area (Å²) in [6.45, 7) is 0. The average molecular weight is 407 g/mol. The lowest BCUT2D eigenvalue weighted by Gasteiger charge is -2.12. The number of hydroxylamine groups is 2. The Balaban J connectivity index is 1.29. The van der Waals surface area contributed by atoms with E-state index >= 15 is 0 Å². The maximum atomic E-state index is 12.2. The number of aromatic nitrogens is 2. The summed E-state index contributed by atoms with van der Waals surface area (Å²) in [4.78, 5) is 45.7. The molecular formula is C21H17N3O6. The van der Waals surface area contributed by atoms with Crippen molar-refractivity contribution in [3.8, 4) is 17.1 Å². The number of rotatable bonds is 7. The van der Waals surface area contributed by atoms with Gasteiger partial charge in [-0.15, -0.1) is 0 Å². The smallest absolute Gasteiger partial charge is 0.333 e. The number of carbonyl (C=O) groups is 3. The van der Waals surface area contributed by atoms with E-state index in [4.69, 9.17) is 14.1 Å². The van der Waals surface area contributed by atoms with Crippen molar-refractivity contribution < 1.29 is 28.5 Å². The molecule has 0 aliphatic carbocycles. The molecule has 30 heavy (non-hydrogen) atoms. The molecule has 3 aromatic rings. The second-order valence-electron chi connectivity index (χ2n) is 6.51. The third-order valence-corrected chi connectivity index (χ3v) is 4.54. The van der Waals surface area contributed by atoms with Gasteiger partial charge in [-0.05, 0) is 42.8 Å². The topological polar surface area (TPSA) is 112 Å². The highest BCUT2D eigenvalue weighted by Gasteiger charge is 2.38. The van der Waals surface area contributed by atoms with Crippen molar-refractivity contribution >= 4 is 17.8 Å². The number of benzene rings is 2. The molecule has 0 unspecified atom stereocenters. The number of aryl methyl sites for hydroxylation is 1. The van der Waals surface area contributed by atoms with Crippen LogP contribution in [0.4, 0.5) is 0 Å². The zero-order chi connectivity index (χ0) is 21.1. The molecule has 9 heteroatoms. The molecule has 0 spiro atoms. The van der Waals surface area contributed by atoms with Crippen LogP contribution in [-0.2, 0) is 16.1 Å². The molecule has 0 radical (unpaired) electrons. The highest BCUT2D eigenvalue weighted by atomic mass is 16.7. The summed E-state index contributed by atoms with van der Waals surface area (Å²) in [5.74, 6) is -0.469. The van der Waals surface area contributed by atoms with Gasteiger partial charge < -0.3 is 14.1 Å². The fourth-order valence-corrected chi connectivity index (χ4v) is 3.00. The van der Waals surface area contributed by atoms with E-state index in [1.165, 1.54) is 12.1 Å². The van der Waals surface area contributed by atoms with Gasteiger partial charge in [0.15, 0.2) is 0 Å². The van der Waals surface area contributed by atoms with Gasteiger partial charge >= 0.3 is 5.97 Å². The van der Waals surface area contributed by atoms with Gasteiger partial charge in [0.1, 0.15) is 5.75 Å². The Hall–Kier alpha value is -4.01. The number of methoxy groups -OCH3 is 1. The van der Waals surface area contributed by atoms with Crippen LogP contribution in [0, 0.1) is 0 Å². The van der Waals surface area contributed by atoms with Crippen LogP contribution in [0.15, 0.2) is 53.1 Å². The maximum absolute atomic E-state index is 12.2. The Morgan fingerprint density at radius 2 is 1.70 bits per heavy atom. The summed E-state index contributed by atoms with van der Waals surface area (Å²) in [6, 6.07) is 13.5. The first-order valence-electron chi connectivity index (χ1n) is 9.22. The number of carbonyl (C=O) groups excluding carboxylic acids is 3. The molecule has 1 aliphatic heterocycles. The van der Waals surface area contributed by atoms with E-state index in [0.717, 1.165) is 11.3 Å². The minimum absolute atomic E-state index is 0.0202. The number of fused-ring (bicyclic) bond motifs is 1. The van der Waals surface area contributed by atoms with Crippen LogP contribution >= 0.6 is 0 Å². The van der Waals surface area contributed by atoms with Crippen LogP contribution in [0.2, 0.25) is 0 Å². The number of imide groups is 1. The minimum atomic E-state index is -0.695. The van der Waals surface area contributed by atoms with Gasteiger partial charge in [-0.25, -0.2) is 4.79 Å². The number of amides is 2. The normalized spacial score (nSPS) is 12.8. The van der Waals surface area contributed by atoms with Gasteiger partial charge in [-0.3, -0.25) is 9.59 Å². The summed E-state index contributed by atoms with van der Waals surface area (Å²) < 4.78 is 10.3. The van der Waals surface area contributed by atoms with E-state index in [0.29, 0.717) is 29.6 Å². The Morgan fingerprint density at radius 3 is 2.33 bits per heavy atom. The van der Waals surface area contributed by atoms with Crippen LogP contribution in [0.5, 0.6) is 5.75 Å². The highest BCUT2D eigenvalue weighted by Crippen LogP contribution is 2.23. The lowest BCUT2D eigenvalue weighted by Crippen LogP contribution is -2.32. The molecule has 2 heterocycles. The van der Waals surface area contributed by atoms with Crippen LogP contribution in [0.3, 0.4) is 0 Å². The van der Waals surface area contributed by atoms with E-state index in [9.17, 15) is 14.4 Å². The van der Waals surface area contributed by atoms with Gasteiger partial charge in [0.25, 0.3) is 11.8 Å². The summed E-state index contributed by atoms with van der Waals surface area (Å²) in [5.41, 5.74) is 1.20. The first-order valence-corrected chi connectivity index (χ1v) is 9.22. The molecule has 9 nitrogen and oxygen atoms in total. The SMILES string of the molecule is COc1ccc(-c2noc(CCCC(=O)ON3C(=O)c4ccccc4C3=O)n2)cc1. The second-order valence-corrected chi connectivity index (χ2v) is 6.51. The molecule has 1 aromatic heterocycles. The third kappa shape index (κ3) is 3.77. The zero-order valence-corrected chi connectivity index (χ0v) is 16.0. The van der Waals surface area contributed by atoms with Crippen LogP contribution < -0.4 is 4.74 Å². The first kappa shape index (κ1) is 19.3. The van der Waals surface area contributed by atoms with E-state index in [1.54, 1.807) is 31.4 Å². The number of nitrogens with zero attached hydrogens (tertiary/aromatic N) is 3. The molecule has 0 bridgehead atoms.